The lowest BCUT2D eigenvalue weighted by Gasteiger charge is -2.37. The zero-order chi connectivity index (χ0) is 22.7. The lowest BCUT2D eigenvalue weighted by atomic mass is 10.1. The van der Waals surface area contributed by atoms with Crippen LogP contribution in [0.1, 0.15) is 25.0 Å². The minimum Gasteiger partial charge on any atom is -0.489 e. The fourth-order valence-electron chi connectivity index (χ4n) is 4.20. The molecule has 0 bridgehead atoms. The molecule has 2 heterocycles. The molecule has 0 saturated heterocycles. The minimum absolute atomic E-state index is 0.204. The number of aryl methyl sites for hydroxylation is 2. The molecule has 0 fully saturated rings. The van der Waals surface area contributed by atoms with Crippen LogP contribution in [0.25, 0.3) is 0 Å². The summed E-state index contributed by atoms with van der Waals surface area (Å²) < 4.78 is 22.3. The average Bonchev–Trinajstić information content (AvgIpc) is 2.77. The van der Waals surface area contributed by atoms with Gasteiger partial charge in [-0.3, -0.25) is 0 Å². The topological polar surface area (TPSA) is 60.5 Å². The average molecular weight is 441 g/mol. The Bertz CT molecular complexity index is 888. The fraction of sp³-hybridized carbons (Fsp3) is 0.480. The third kappa shape index (κ3) is 4.87. The van der Waals surface area contributed by atoms with Crippen LogP contribution >= 0.6 is 0 Å². The first-order valence-corrected chi connectivity index (χ1v) is 11.2. The Morgan fingerprint density at radius 3 is 1.72 bits per heavy atom. The predicted octanol–water partition coefficient (Wildman–Crippen LogP) is 4.33. The van der Waals surface area contributed by atoms with Crippen LogP contribution in [0.3, 0.4) is 0 Å². The molecule has 2 unspecified atom stereocenters. The number of hydrogen-bond donors (Lipinski definition) is 0. The van der Waals surface area contributed by atoms with Gasteiger partial charge in [-0.2, -0.15) is 0 Å². The molecule has 0 aromatic heterocycles. The molecule has 2 aliphatic heterocycles. The highest BCUT2D eigenvalue weighted by atomic mass is 16.7. The number of carbonyl (C=O) groups excluding carboxylic acids is 1. The highest BCUT2D eigenvalue weighted by molar-refractivity contribution is 5.64. The van der Waals surface area contributed by atoms with E-state index in [1.54, 1.807) is 0 Å². The molecule has 0 N–H and O–H groups in total. The van der Waals surface area contributed by atoms with E-state index < -0.39 is 6.16 Å². The predicted molar refractivity (Wildman–Crippen MR) is 124 cm³/mol. The van der Waals surface area contributed by atoms with E-state index in [9.17, 15) is 4.79 Å². The molecule has 0 radical (unpaired) electrons. The van der Waals surface area contributed by atoms with Gasteiger partial charge < -0.3 is 28.7 Å². The SMILES string of the molecule is Cc1ccc2c(c1)N(CCOC(=O)OCCN1c3cc(C)ccc3OCC1C)C(C)CO2. The molecule has 2 aromatic carbocycles. The number of hydrogen-bond acceptors (Lipinski definition) is 7. The van der Waals surface area contributed by atoms with Crippen LogP contribution in [0.15, 0.2) is 36.4 Å². The molecule has 7 heteroatoms. The lowest BCUT2D eigenvalue weighted by Crippen LogP contribution is -2.43. The van der Waals surface area contributed by atoms with Crippen molar-refractivity contribution in [2.45, 2.75) is 39.8 Å². The van der Waals surface area contributed by atoms with Crippen LogP contribution in [-0.2, 0) is 9.47 Å². The van der Waals surface area contributed by atoms with Gasteiger partial charge in [0, 0.05) is 0 Å². The van der Waals surface area contributed by atoms with Crippen molar-refractivity contribution < 1.29 is 23.7 Å². The van der Waals surface area contributed by atoms with Crippen molar-refractivity contribution in [3.05, 3.63) is 47.5 Å². The number of benzene rings is 2. The van der Waals surface area contributed by atoms with E-state index in [1.807, 2.05) is 24.3 Å². The molecule has 0 amide bonds. The molecular formula is C25H32N2O5. The Labute approximate surface area is 189 Å². The zero-order valence-electron chi connectivity index (χ0n) is 19.3. The van der Waals surface area contributed by atoms with Crippen molar-refractivity contribution in [3.8, 4) is 11.5 Å². The second kappa shape index (κ2) is 9.59. The smallest absolute Gasteiger partial charge is 0.489 e. The standard InChI is InChI=1S/C25H32N2O5/c1-17-5-7-23-21(13-17)26(19(3)15-31-23)9-11-29-25(28)30-12-10-27-20(4)16-32-24-8-6-18(2)14-22(24)27/h5-8,13-14,19-20H,9-12,15-16H2,1-4H3. The maximum atomic E-state index is 12.2. The van der Waals surface area contributed by atoms with Crippen LogP contribution in [0.5, 0.6) is 11.5 Å². The normalized spacial score (nSPS) is 19.4. The molecule has 2 atom stereocenters. The third-order valence-electron chi connectivity index (χ3n) is 5.98. The Balaban J connectivity index is 1.25. The molecule has 0 spiro atoms. The maximum absolute atomic E-state index is 12.2. The molecule has 172 valence electrons. The number of anilines is 2. The maximum Gasteiger partial charge on any atom is 0.508 e. The summed E-state index contributed by atoms with van der Waals surface area (Å²) in [4.78, 5) is 16.6. The van der Waals surface area contributed by atoms with E-state index in [0.717, 1.165) is 22.9 Å². The van der Waals surface area contributed by atoms with Gasteiger partial charge >= 0.3 is 6.16 Å². The molecule has 7 nitrogen and oxygen atoms in total. The van der Waals surface area contributed by atoms with Crippen LogP contribution in [0.4, 0.5) is 16.2 Å². The van der Waals surface area contributed by atoms with Gasteiger partial charge in [0.1, 0.15) is 37.9 Å². The van der Waals surface area contributed by atoms with E-state index in [2.05, 4.69) is 49.6 Å². The van der Waals surface area contributed by atoms with Gasteiger partial charge in [0.2, 0.25) is 0 Å². The number of rotatable bonds is 6. The van der Waals surface area contributed by atoms with Crippen molar-refractivity contribution in [1.82, 2.24) is 0 Å². The quantitative estimate of drug-likeness (QED) is 0.620. The first-order chi connectivity index (χ1) is 15.4. The highest BCUT2D eigenvalue weighted by Gasteiger charge is 2.26. The molecular weight excluding hydrogens is 408 g/mol. The first-order valence-electron chi connectivity index (χ1n) is 11.2. The zero-order valence-corrected chi connectivity index (χ0v) is 19.3. The summed E-state index contributed by atoms with van der Waals surface area (Å²) in [6.07, 6.45) is -0.638. The molecule has 4 rings (SSSR count). The monoisotopic (exact) mass is 440 g/mol. The van der Waals surface area contributed by atoms with Gasteiger partial charge in [0.15, 0.2) is 0 Å². The Morgan fingerprint density at radius 1 is 0.844 bits per heavy atom. The second-order valence-corrected chi connectivity index (χ2v) is 8.60. The number of nitrogens with zero attached hydrogens (tertiary/aromatic N) is 2. The molecule has 2 aromatic rings. The Morgan fingerprint density at radius 2 is 1.28 bits per heavy atom. The van der Waals surface area contributed by atoms with Gasteiger partial charge in [-0.05, 0) is 63.1 Å². The summed E-state index contributed by atoms with van der Waals surface area (Å²) in [5, 5.41) is 0. The van der Waals surface area contributed by atoms with Crippen molar-refractivity contribution in [2.24, 2.45) is 0 Å². The summed E-state index contributed by atoms with van der Waals surface area (Å²) in [5.41, 5.74) is 4.41. The summed E-state index contributed by atoms with van der Waals surface area (Å²) in [6, 6.07) is 12.7. The molecule has 0 aliphatic carbocycles. The molecule has 0 saturated carbocycles. The highest BCUT2D eigenvalue weighted by Crippen LogP contribution is 2.35. The van der Waals surface area contributed by atoms with Crippen molar-refractivity contribution in [3.63, 3.8) is 0 Å². The summed E-state index contributed by atoms with van der Waals surface area (Å²) in [6.45, 7) is 11.2. The molecule has 2 aliphatic rings. The van der Waals surface area contributed by atoms with E-state index >= 15 is 0 Å². The van der Waals surface area contributed by atoms with Crippen molar-refractivity contribution >= 4 is 17.5 Å². The molecule has 32 heavy (non-hydrogen) atoms. The second-order valence-electron chi connectivity index (χ2n) is 8.60. The van der Waals surface area contributed by atoms with Gasteiger partial charge in [-0.25, -0.2) is 4.79 Å². The summed E-state index contributed by atoms with van der Waals surface area (Å²) in [5.74, 6) is 1.73. The van der Waals surface area contributed by atoms with Gasteiger partial charge in [0.25, 0.3) is 0 Å². The summed E-state index contributed by atoms with van der Waals surface area (Å²) >= 11 is 0. The van der Waals surface area contributed by atoms with E-state index in [1.165, 1.54) is 11.1 Å². The lowest BCUT2D eigenvalue weighted by molar-refractivity contribution is 0.0576. The first kappa shape index (κ1) is 22.1. The van der Waals surface area contributed by atoms with Crippen LogP contribution in [-0.4, -0.2) is 57.8 Å². The third-order valence-corrected chi connectivity index (χ3v) is 5.98. The fourth-order valence-corrected chi connectivity index (χ4v) is 4.20. The van der Waals surface area contributed by atoms with E-state index in [-0.39, 0.29) is 25.3 Å². The van der Waals surface area contributed by atoms with Crippen molar-refractivity contribution in [2.75, 3.05) is 49.3 Å². The summed E-state index contributed by atoms with van der Waals surface area (Å²) in [7, 11) is 0. The van der Waals surface area contributed by atoms with Gasteiger partial charge in [-0.1, -0.05) is 12.1 Å². The van der Waals surface area contributed by atoms with Gasteiger partial charge in [-0.15, -0.1) is 0 Å². The van der Waals surface area contributed by atoms with Crippen LogP contribution in [0, 0.1) is 13.8 Å². The van der Waals surface area contributed by atoms with E-state index in [0.29, 0.717) is 26.3 Å². The van der Waals surface area contributed by atoms with Gasteiger partial charge in [0.05, 0.1) is 36.5 Å². The minimum atomic E-state index is -0.638. The van der Waals surface area contributed by atoms with Crippen LogP contribution < -0.4 is 19.3 Å². The number of ether oxygens (including phenoxy) is 4. The van der Waals surface area contributed by atoms with Crippen LogP contribution in [0.2, 0.25) is 0 Å². The largest absolute Gasteiger partial charge is 0.508 e. The van der Waals surface area contributed by atoms with E-state index in [4.69, 9.17) is 18.9 Å². The number of carbonyl (C=O) groups is 1. The van der Waals surface area contributed by atoms with Crippen molar-refractivity contribution in [1.29, 1.82) is 0 Å². The Hall–Kier alpha value is -3.09. The Kier molecular flexibility index (Phi) is 6.63. The number of fused-ring (bicyclic) bond motifs is 2.